The van der Waals surface area contributed by atoms with Gasteiger partial charge in [0.25, 0.3) is 5.91 Å². The number of nitrogens with zero attached hydrogens (tertiary/aromatic N) is 1. The van der Waals surface area contributed by atoms with Gasteiger partial charge in [0.05, 0.1) is 28.0 Å². The molecule has 0 aromatic carbocycles. The highest BCUT2D eigenvalue weighted by molar-refractivity contribution is 7.85. The molecule has 5 N–H and O–H groups in total. The second-order valence-corrected chi connectivity index (χ2v) is 13.8. The van der Waals surface area contributed by atoms with Gasteiger partial charge >= 0.3 is 6.03 Å². The summed E-state index contributed by atoms with van der Waals surface area (Å²) in [4.78, 5) is 66.2. The number of carbonyl (C=O) groups excluding carboxylic acids is 5. The Hall–Kier alpha value is -3.22. The van der Waals surface area contributed by atoms with Crippen LogP contribution in [-0.2, 0) is 30.0 Å². The van der Waals surface area contributed by atoms with Crippen LogP contribution in [0.5, 0.6) is 0 Å². The molecule has 5 amide bonds. The molecular formula is C29H47N5O7S. The summed E-state index contributed by atoms with van der Waals surface area (Å²) in [5.74, 6) is -2.24. The number of Topliss-reactive ketones (excluding diaryl/α,β-unsaturated/α-hetero) is 1. The molecule has 2 rings (SSSR count). The molecule has 0 radical (unpaired) electrons. The molecule has 0 bridgehead atoms. The lowest BCUT2D eigenvalue weighted by molar-refractivity contribution is -0.143. The summed E-state index contributed by atoms with van der Waals surface area (Å²) in [6, 6.07) is -2.26. The molecule has 0 saturated carbocycles. The van der Waals surface area contributed by atoms with Crippen LogP contribution in [0.4, 0.5) is 4.79 Å². The number of aryl methyl sites for hydroxylation is 1. The molecule has 1 aliphatic rings. The minimum absolute atomic E-state index is 0.00516. The Morgan fingerprint density at radius 3 is 2.33 bits per heavy atom. The van der Waals surface area contributed by atoms with E-state index in [1.807, 2.05) is 41.5 Å². The minimum Gasteiger partial charge on any atom is -0.468 e. The smallest absolute Gasteiger partial charge is 0.315 e. The SMILES string of the molecule is CCCC(CS(=O)c1ccoc1C)NC(=O)NC(C(=O)N1CCC[C@H]1C(=O)NC(CC(C)C)C(=O)C(N)=O)C(C)(C)C. The van der Waals surface area contributed by atoms with Crippen LogP contribution in [0.2, 0.25) is 0 Å². The van der Waals surface area contributed by atoms with Gasteiger partial charge in [0.1, 0.15) is 17.8 Å². The van der Waals surface area contributed by atoms with Crippen molar-refractivity contribution in [3.05, 3.63) is 18.1 Å². The van der Waals surface area contributed by atoms with Crippen molar-refractivity contribution in [2.45, 2.75) is 110 Å². The number of amides is 5. The Balaban J connectivity index is 2.16. The summed E-state index contributed by atoms with van der Waals surface area (Å²) in [5, 5.41) is 8.30. The molecule has 1 fully saturated rings. The third-order valence-corrected chi connectivity index (χ3v) is 8.81. The lowest BCUT2D eigenvalue weighted by atomic mass is 9.85. The molecule has 1 aromatic heterocycles. The number of urea groups is 1. The Bertz CT molecular complexity index is 1160. The molecule has 2 heterocycles. The highest BCUT2D eigenvalue weighted by Gasteiger charge is 2.43. The first-order valence-electron chi connectivity index (χ1n) is 14.5. The van der Waals surface area contributed by atoms with Gasteiger partial charge in [-0.15, -0.1) is 0 Å². The quantitative estimate of drug-likeness (QED) is 0.233. The predicted molar refractivity (Wildman–Crippen MR) is 159 cm³/mol. The predicted octanol–water partition coefficient (Wildman–Crippen LogP) is 2.15. The maximum Gasteiger partial charge on any atom is 0.315 e. The molecule has 1 saturated heterocycles. The fraction of sp³-hybridized carbons (Fsp3) is 0.690. The first kappa shape index (κ1) is 35.0. The van der Waals surface area contributed by atoms with Gasteiger partial charge in [0.15, 0.2) is 0 Å². The topological polar surface area (TPSA) is 181 Å². The number of primary amides is 1. The molecule has 4 unspecified atom stereocenters. The zero-order valence-electron chi connectivity index (χ0n) is 25.8. The van der Waals surface area contributed by atoms with E-state index < -0.39 is 69.9 Å². The van der Waals surface area contributed by atoms with E-state index in [9.17, 15) is 28.2 Å². The van der Waals surface area contributed by atoms with E-state index in [0.717, 1.165) is 6.42 Å². The first-order chi connectivity index (χ1) is 19.6. The van der Waals surface area contributed by atoms with E-state index in [2.05, 4.69) is 16.0 Å². The first-order valence-corrected chi connectivity index (χ1v) is 15.8. The molecule has 0 aliphatic carbocycles. The summed E-state index contributed by atoms with van der Waals surface area (Å²) in [7, 11) is -1.39. The second-order valence-electron chi connectivity index (χ2n) is 12.4. The Morgan fingerprint density at radius 2 is 1.81 bits per heavy atom. The molecule has 1 aliphatic heterocycles. The number of likely N-dealkylation sites (tertiary alicyclic amines) is 1. The van der Waals surface area contributed by atoms with Crippen molar-refractivity contribution in [2.75, 3.05) is 12.3 Å². The third kappa shape index (κ3) is 9.67. The van der Waals surface area contributed by atoms with Gasteiger partial charge < -0.3 is 31.0 Å². The van der Waals surface area contributed by atoms with Crippen molar-refractivity contribution < 1.29 is 32.6 Å². The third-order valence-electron chi connectivity index (χ3n) is 7.19. The van der Waals surface area contributed by atoms with Crippen molar-refractivity contribution in [2.24, 2.45) is 17.1 Å². The van der Waals surface area contributed by atoms with E-state index in [4.69, 9.17) is 10.2 Å². The van der Waals surface area contributed by atoms with E-state index in [0.29, 0.717) is 36.5 Å². The standard InChI is InChI=1S/C29H47N5O7S/c1-8-10-19(16-42(40)22-12-14-41-18(22)4)31-28(39)33-24(29(5,6)7)27(38)34-13-9-11-21(34)26(37)32-20(15-17(2)3)23(35)25(30)36/h12,14,17,19-21,24H,8-11,13,15-16H2,1-7H3,(H2,30,36)(H,32,37)(H2,31,33,39)/t19?,20?,21-,24?,42?/m0/s1. The van der Waals surface area contributed by atoms with E-state index >= 15 is 0 Å². The maximum atomic E-state index is 13.8. The normalized spacial score (nSPS) is 18.2. The van der Waals surface area contributed by atoms with Crippen LogP contribution in [0.3, 0.4) is 0 Å². The van der Waals surface area contributed by atoms with Crippen LogP contribution in [0.1, 0.15) is 79.4 Å². The molecule has 12 nitrogen and oxygen atoms in total. The van der Waals surface area contributed by atoms with E-state index in [1.165, 1.54) is 11.2 Å². The molecule has 5 atom stereocenters. The molecule has 42 heavy (non-hydrogen) atoms. The number of nitrogens with one attached hydrogen (secondary N) is 3. The fourth-order valence-corrected chi connectivity index (χ4v) is 6.42. The van der Waals surface area contributed by atoms with Gasteiger partial charge in [-0.3, -0.25) is 23.4 Å². The van der Waals surface area contributed by atoms with Crippen molar-refractivity contribution >= 4 is 40.3 Å². The van der Waals surface area contributed by atoms with Crippen LogP contribution >= 0.6 is 0 Å². The van der Waals surface area contributed by atoms with Crippen LogP contribution < -0.4 is 21.7 Å². The van der Waals surface area contributed by atoms with Gasteiger partial charge in [-0.05, 0) is 50.0 Å². The summed E-state index contributed by atoms with van der Waals surface area (Å²) in [6.07, 6.45) is 3.96. The van der Waals surface area contributed by atoms with Gasteiger partial charge in [-0.1, -0.05) is 48.0 Å². The van der Waals surface area contributed by atoms with Crippen LogP contribution in [0, 0.1) is 18.3 Å². The summed E-state index contributed by atoms with van der Waals surface area (Å²) < 4.78 is 18.2. The monoisotopic (exact) mass is 609 g/mol. The molecule has 13 heteroatoms. The number of furan rings is 1. The average molecular weight is 610 g/mol. The lowest BCUT2D eigenvalue weighted by Crippen LogP contribution is -2.60. The van der Waals surface area contributed by atoms with Gasteiger partial charge in [-0.25, -0.2) is 4.79 Å². The van der Waals surface area contributed by atoms with Crippen LogP contribution in [0.15, 0.2) is 21.6 Å². The average Bonchev–Trinajstić information content (AvgIpc) is 3.54. The highest BCUT2D eigenvalue weighted by atomic mass is 32.2. The van der Waals surface area contributed by atoms with Crippen molar-refractivity contribution in [3.63, 3.8) is 0 Å². The Labute approximate surface area is 250 Å². The van der Waals surface area contributed by atoms with Gasteiger partial charge in [0, 0.05) is 18.3 Å². The maximum absolute atomic E-state index is 13.8. The second kappa shape index (κ2) is 15.3. The van der Waals surface area contributed by atoms with E-state index in [1.54, 1.807) is 13.0 Å². The molecule has 1 aromatic rings. The van der Waals surface area contributed by atoms with Gasteiger partial charge in [0.2, 0.25) is 17.6 Å². The summed E-state index contributed by atoms with van der Waals surface area (Å²) in [6.45, 7) is 13.1. The zero-order valence-corrected chi connectivity index (χ0v) is 26.6. The molecule has 0 spiro atoms. The minimum atomic E-state index is -1.39. The Kier molecular flexibility index (Phi) is 12.7. The van der Waals surface area contributed by atoms with Crippen molar-refractivity contribution in [3.8, 4) is 0 Å². The largest absolute Gasteiger partial charge is 0.468 e. The number of hydrogen-bond acceptors (Lipinski definition) is 7. The van der Waals surface area contributed by atoms with Crippen LogP contribution in [-0.4, -0.2) is 75.1 Å². The van der Waals surface area contributed by atoms with Crippen molar-refractivity contribution in [1.29, 1.82) is 0 Å². The molecule has 236 valence electrons. The zero-order chi connectivity index (χ0) is 31.8. The van der Waals surface area contributed by atoms with Gasteiger partial charge in [-0.2, -0.15) is 0 Å². The number of nitrogens with two attached hydrogens (primary N) is 1. The Morgan fingerprint density at radius 1 is 1.14 bits per heavy atom. The van der Waals surface area contributed by atoms with Crippen LogP contribution in [0.25, 0.3) is 0 Å². The number of hydrogen-bond donors (Lipinski definition) is 4. The number of carbonyl (C=O) groups is 5. The van der Waals surface area contributed by atoms with Crippen molar-refractivity contribution in [1.82, 2.24) is 20.9 Å². The van der Waals surface area contributed by atoms with E-state index in [-0.39, 0.29) is 18.1 Å². The fourth-order valence-electron chi connectivity index (χ4n) is 5.05. The number of ketones is 1. The number of rotatable bonds is 14. The summed E-state index contributed by atoms with van der Waals surface area (Å²) in [5.41, 5.74) is 4.48. The molecular weight excluding hydrogens is 562 g/mol. The lowest BCUT2D eigenvalue weighted by Gasteiger charge is -2.36. The highest BCUT2D eigenvalue weighted by Crippen LogP contribution is 2.26. The summed E-state index contributed by atoms with van der Waals surface area (Å²) >= 11 is 0.